The van der Waals surface area contributed by atoms with E-state index >= 15 is 0 Å². The van der Waals surface area contributed by atoms with E-state index in [1.807, 2.05) is 18.2 Å². The maximum atomic E-state index is 6.43. The molecule has 0 fully saturated rings. The Balaban J connectivity index is 1.64. The highest BCUT2D eigenvalue weighted by Gasteiger charge is 2.20. The fraction of sp³-hybridized carbons (Fsp3) is 0.267. The molecule has 0 atom stereocenters. The Labute approximate surface area is 131 Å². The van der Waals surface area contributed by atoms with Crippen molar-refractivity contribution in [3.8, 4) is 0 Å². The van der Waals surface area contributed by atoms with Crippen LogP contribution in [0.4, 0.5) is 0 Å². The molecule has 4 nitrogen and oxygen atoms in total. The van der Waals surface area contributed by atoms with E-state index in [1.54, 1.807) is 16.3 Å². The van der Waals surface area contributed by atoms with E-state index in [1.165, 1.54) is 5.56 Å². The fourth-order valence-electron chi connectivity index (χ4n) is 2.59. The third-order valence-corrected chi connectivity index (χ3v) is 4.94. The number of fused-ring (bicyclic) bond motifs is 2. The summed E-state index contributed by atoms with van der Waals surface area (Å²) < 4.78 is 1.67. The van der Waals surface area contributed by atoms with Gasteiger partial charge in [-0.05, 0) is 24.8 Å². The van der Waals surface area contributed by atoms with E-state index in [0.29, 0.717) is 10.9 Å². The van der Waals surface area contributed by atoms with Gasteiger partial charge in [0.25, 0.3) is 5.78 Å². The van der Waals surface area contributed by atoms with Crippen LogP contribution in [0.2, 0.25) is 5.15 Å². The summed E-state index contributed by atoms with van der Waals surface area (Å²) >= 11 is 8.03. The summed E-state index contributed by atoms with van der Waals surface area (Å²) in [5.41, 5.74) is 3.47. The summed E-state index contributed by atoms with van der Waals surface area (Å²) in [5.74, 6) is 1.45. The molecule has 0 N–H and O–H groups in total. The molecule has 0 unspecified atom stereocenters. The quantitative estimate of drug-likeness (QED) is 0.547. The molecule has 4 rings (SSSR count). The standard InChI is InChI=1S/C15H13ClN4S/c16-13-11-7-4-8-12(11)17-14-18-15(19-20(13)14)21-9-10-5-2-1-3-6-10/h1-3,5-6H,4,7-9H2. The highest BCUT2D eigenvalue weighted by Crippen LogP contribution is 2.29. The number of halogens is 1. The summed E-state index contributed by atoms with van der Waals surface area (Å²) in [6.07, 6.45) is 3.10. The van der Waals surface area contributed by atoms with Crippen molar-refractivity contribution in [1.82, 2.24) is 19.6 Å². The number of benzene rings is 1. The van der Waals surface area contributed by atoms with Crippen molar-refractivity contribution in [2.75, 3.05) is 0 Å². The minimum Gasteiger partial charge on any atom is -0.216 e. The van der Waals surface area contributed by atoms with Crippen LogP contribution in [-0.2, 0) is 18.6 Å². The predicted molar refractivity (Wildman–Crippen MR) is 83.8 cm³/mol. The third kappa shape index (κ3) is 2.40. The van der Waals surface area contributed by atoms with Crippen molar-refractivity contribution in [2.24, 2.45) is 0 Å². The van der Waals surface area contributed by atoms with Gasteiger partial charge in [0.05, 0.1) is 5.69 Å². The second kappa shape index (κ2) is 5.31. The fourth-order valence-corrected chi connectivity index (χ4v) is 3.69. The molecule has 1 aromatic carbocycles. The molecule has 0 bridgehead atoms. The number of thioether (sulfide) groups is 1. The van der Waals surface area contributed by atoms with E-state index < -0.39 is 0 Å². The summed E-state index contributed by atoms with van der Waals surface area (Å²) in [5, 5.41) is 5.87. The van der Waals surface area contributed by atoms with Gasteiger partial charge in [0.1, 0.15) is 5.15 Å². The molecule has 0 saturated carbocycles. The summed E-state index contributed by atoms with van der Waals surface area (Å²) in [6, 6.07) is 10.3. The van der Waals surface area contributed by atoms with E-state index in [2.05, 4.69) is 27.2 Å². The number of nitrogens with zero attached hydrogens (tertiary/aromatic N) is 4. The Kier molecular flexibility index (Phi) is 3.31. The molecule has 2 heterocycles. The first kappa shape index (κ1) is 13.1. The van der Waals surface area contributed by atoms with Crippen LogP contribution in [0.3, 0.4) is 0 Å². The van der Waals surface area contributed by atoms with E-state index in [9.17, 15) is 0 Å². The van der Waals surface area contributed by atoms with Crippen LogP contribution >= 0.6 is 23.4 Å². The number of hydrogen-bond acceptors (Lipinski definition) is 4. The number of aromatic nitrogens is 4. The third-order valence-electron chi connectivity index (χ3n) is 3.64. The zero-order valence-corrected chi connectivity index (χ0v) is 12.9. The van der Waals surface area contributed by atoms with Gasteiger partial charge in [-0.25, -0.2) is 4.98 Å². The van der Waals surface area contributed by atoms with Crippen LogP contribution < -0.4 is 0 Å². The number of aryl methyl sites for hydroxylation is 1. The average Bonchev–Trinajstić information content (AvgIpc) is 3.13. The Morgan fingerprint density at radius 1 is 1.14 bits per heavy atom. The lowest BCUT2D eigenvalue weighted by Crippen LogP contribution is -1.99. The molecule has 6 heteroatoms. The van der Waals surface area contributed by atoms with E-state index in [0.717, 1.165) is 41.4 Å². The molecule has 0 aliphatic heterocycles. The van der Waals surface area contributed by atoms with E-state index in [-0.39, 0.29) is 0 Å². The van der Waals surface area contributed by atoms with Crippen molar-refractivity contribution < 1.29 is 0 Å². The lowest BCUT2D eigenvalue weighted by molar-refractivity contribution is 0.866. The lowest BCUT2D eigenvalue weighted by Gasteiger charge is -2.01. The second-order valence-electron chi connectivity index (χ2n) is 5.06. The van der Waals surface area contributed by atoms with Crippen molar-refractivity contribution in [3.05, 3.63) is 52.3 Å². The van der Waals surface area contributed by atoms with Crippen molar-refractivity contribution in [1.29, 1.82) is 0 Å². The zero-order valence-electron chi connectivity index (χ0n) is 11.3. The Morgan fingerprint density at radius 2 is 2.00 bits per heavy atom. The molecule has 106 valence electrons. The van der Waals surface area contributed by atoms with Gasteiger partial charge in [-0.2, -0.15) is 9.50 Å². The zero-order chi connectivity index (χ0) is 14.2. The van der Waals surface area contributed by atoms with Crippen LogP contribution in [0.5, 0.6) is 0 Å². The molecular weight excluding hydrogens is 304 g/mol. The molecule has 1 aliphatic carbocycles. The van der Waals surface area contributed by atoms with Gasteiger partial charge in [0.2, 0.25) is 5.16 Å². The predicted octanol–water partition coefficient (Wildman–Crippen LogP) is 3.56. The molecule has 0 amide bonds. The number of hydrogen-bond donors (Lipinski definition) is 0. The molecule has 3 aromatic rings. The van der Waals surface area contributed by atoms with Crippen molar-refractivity contribution >= 4 is 29.1 Å². The molecule has 0 radical (unpaired) electrons. The molecular formula is C15H13ClN4S. The first-order valence-electron chi connectivity index (χ1n) is 6.92. The SMILES string of the molecule is Clc1c2c(nc3nc(SCc4ccccc4)nn13)CCC2. The molecule has 0 saturated heterocycles. The van der Waals surface area contributed by atoms with Gasteiger partial charge in [-0.1, -0.05) is 53.7 Å². The monoisotopic (exact) mass is 316 g/mol. The van der Waals surface area contributed by atoms with Gasteiger partial charge >= 0.3 is 0 Å². The first-order valence-corrected chi connectivity index (χ1v) is 8.28. The highest BCUT2D eigenvalue weighted by atomic mass is 35.5. The Bertz CT molecular complexity index is 800. The van der Waals surface area contributed by atoms with Gasteiger partial charge in [0.15, 0.2) is 0 Å². The van der Waals surface area contributed by atoms with Crippen molar-refractivity contribution in [2.45, 2.75) is 30.2 Å². The summed E-state index contributed by atoms with van der Waals surface area (Å²) in [6.45, 7) is 0. The van der Waals surface area contributed by atoms with E-state index in [4.69, 9.17) is 11.6 Å². The topological polar surface area (TPSA) is 43.1 Å². The molecule has 1 aliphatic rings. The lowest BCUT2D eigenvalue weighted by atomic mass is 10.2. The van der Waals surface area contributed by atoms with Crippen LogP contribution in [0.15, 0.2) is 35.5 Å². The largest absolute Gasteiger partial charge is 0.254 e. The maximum absolute atomic E-state index is 6.43. The smallest absolute Gasteiger partial charge is 0.216 e. The van der Waals surface area contributed by atoms with Crippen LogP contribution in [-0.4, -0.2) is 19.6 Å². The van der Waals surface area contributed by atoms with Gasteiger partial charge in [-0.3, -0.25) is 0 Å². The van der Waals surface area contributed by atoms with Crippen LogP contribution in [0.25, 0.3) is 5.78 Å². The Hall–Kier alpha value is -1.59. The molecule has 0 spiro atoms. The summed E-state index contributed by atoms with van der Waals surface area (Å²) in [4.78, 5) is 9.07. The minimum absolute atomic E-state index is 0.608. The van der Waals surface area contributed by atoms with Gasteiger partial charge in [0, 0.05) is 11.3 Å². The normalized spacial score (nSPS) is 13.8. The Morgan fingerprint density at radius 3 is 2.86 bits per heavy atom. The average molecular weight is 317 g/mol. The van der Waals surface area contributed by atoms with Crippen LogP contribution in [0, 0.1) is 0 Å². The second-order valence-corrected chi connectivity index (χ2v) is 6.36. The highest BCUT2D eigenvalue weighted by molar-refractivity contribution is 7.98. The van der Waals surface area contributed by atoms with Crippen LogP contribution in [0.1, 0.15) is 23.2 Å². The van der Waals surface area contributed by atoms with Gasteiger partial charge in [-0.15, -0.1) is 5.10 Å². The number of rotatable bonds is 3. The molecule has 21 heavy (non-hydrogen) atoms. The maximum Gasteiger partial charge on any atom is 0.254 e. The van der Waals surface area contributed by atoms with Crippen molar-refractivity contribution in [3.63, 3.8) is 0 Å². The minimum atomic E-state index is 0.608. The molecule has 2 aromatic heterocycles. The summed E-state index contributed by atoms with van der Waals surface area (Å²) in [7, 11) is 0. The first-order chi connectivity index (χ1) is 10.3. The van der Waals surface area contributed by atoms with Gasteiger partial charge < -0.3 is 0 Å².